The minimum atomic E-state index is -0.395. The van der Waals surface area contributed by atoms with Crippen LogP contribution in [0.15, 0.2) is 53.6 Å². The number of ether oxygens (including phenoxy) is 2. The van der Waals surface area contributed by atoms with Crippen molar-refractivity contribution in [3.8, 4) is 11.5 Å². The molecule has 5 nitrogen and oxygen atoms in total. The maximum Gasteiger partial charge on any atom is 0.200 e. The molecule has 146 valence electrons. The van der Waals surface area contributed by atoms with Gasteiger partial charge in [-0.15, -0.1) is 0 Å². The zero-order valence-corrected chi connectivity index (χ0v) is 16.6. The third-order valence-corrected chi connectivity index (χ3v) is 6.16. The number of hydrogen-bond acceptors (Lipinski definition) is 5. The predicted octanol–water partition coefficient (Wildman–Crippen LogP) is 4.05. The Bertz CT molecular complexity index is 888. The van der Waals surface area contributed by atoms with Gasteiger partial charge in [0.1, 0.15) is 0 Å². The van der Waals surface area contributed by atoms with E-state index < -0.39 is 5.72 Å². The van der Waals surface area contributed by atoms with Gasteiger partial charge in [0, 0.05) is 37.9 Å². The Morgan fingerprint density at radius 3 is 2.64 bits per heavy atom. The maximum absolute atomic E-state index is 6.76. The Kier molecular flexibility index (Phi) is 4.27. The first kappa shape index (κ1) is 17.6. The fourth-order valence-corrected chi connectivity index (χ4v) is 4.64. The Hall–Kier alpha value is -2.53. The first-order valence-corrected chi connectivity index (χ1v) is 10.3. The second-order valence-electron chi connectivity index (χ2n) is 7.94. The van der Waals surface area contributed by atoms with E-state index in [0.29, 0.717) is 6.61 Å². The van der Waals surface area contributed by atoms with Gasteiger partial charge in [-0.2, -0.15) is 5.10 Å². The summed E-state index contributed by atoms with van der Waals surface area (Å²) in [5, 5.41) is 7.39. The SMILES string of the molecule is CCOc1cccc2c1OC1(CCN(C)CC1)N1N=C(c3ccccc3)CC21. The van der Waals surface area contributed by atoms with Gasteiger partial charge in [-0.3, -0.25) is 0 Å². The molecular weight excluding hydrogens is 350 g/mol. The summed E-state index contributed by atoms with van der Waals surface area (Å²) in [6, 6.07) is 17.0. The molecule has 0 aliphatic carbocycles. The van der Waals surface area contributed by atoms with Crippen molar-refractivity contribution in [1.29, 1.82) is 0 Å². The fourth-order valence-electron chi connectivity index (χ4n) is 4.64. The molecule has 28 heavy (non-hydrogen) atoms. The molecule has 1 atom stereocenters. The van der Waals surface area contributed by atoms with E-state index in [1.807, 2.05) is 13.0 Å². The van der Waals surface area contributed by atoms with E-state index in [0.717, 1.165) is 49.6 Å². The van der Waals surface area contributed by atoms with Crippen LogP contribution in [-0.2, 0) is 0 Å². The number of benzene rings is 2. The van der Waals surface area contributed by atoms with E-state index in [4.69, 9.17) is 14.6 Å². The average Bonchev–Trinajstić information content (AvgIpc) is 3.19. The van der Waals surface area contributed by atoms with Crippen molar-refractivity contribution in [2.75, 3.05) is 26.7 Å². The molecule has 3 heterocycles. The van der Waals surface area contributed by atoms with Crippen LogP contribution in [0.4, 0.5) is 0 Å². The quantitative estimate of drug-likeness (QED) is 0.809. The number of likely N-dealkylation sites (tertiary alicyclic amines) is 1. The summed E-state index contributed by atoms with van der Waals surface area (Å²) in [7, 11) is 2.18. The zero-order valence-electron chi connectivity index (χ0n) is 16.6. The summed E-state index contributed by atoms with van der Waals surface area (Å²) < 4.78 is 12.7. The number of hydrazone groups is 1. The van der Waals surface area contributed by atoms with Crippen LogP contribution in [0.5, 0.6) is 11.5 Å². The maximum atomic E-state index is 6.76. The van der Waals surface area contributed by atoms with Gasteiger partial charge >= 0.3 is 0 Å². The van der Waals surface area contributed by atoms with E-state index in [1.54, 1.807) is 0 Å². The van der Waals surface area contributed by atoms with Gasteiger partial charge < -0.3 is 14.4 Å². The van der Waals surface area contributed by atoms with Crippen LogP contribution in [0.2, 0.25) is 0 Å². The third-order valence-electron chi connectivity index (χ3n) is 6.16. The van der Waals surface area contributed by atoms with Crippen molar-refractivity contribution in [2.45, 2.75) is 38.0 Å². The Labute approximate surface area is 166 Å². The van der Waals surface area contributed by atoms with E-state index in [9.17, 15) is 0 Å². The monoisotopic (exact) mass is 377 g/mol. The molecule has 1 unspecified atom stereocenters. The van der Waals surface area contributed by atoms with Crippen LogP contribution in [0.3, 0.4) is 0 Å². The van der Waals surface area contributed by atoms with E-state index >= 15 is 0 Å². The average molecular weight is 377 g/mol. The smallest absolute Gasteiger partial charge is 0.200 e. The van der Waals surface area contributed by atoms with Crippen LogP contribution in [-0.4, -0.2) is 48.1 Å². The fraction of sp³-hybridized carbons (Fsp3) is 0.435. The molecule has 2 aromatic carbocycles. The van der Waals surface area contributed by atoms with E-state index in [-0.39, 0.29) is 6.04 Å². The molecule has 3 aliphatic heterocycles. The van der Waals surface area contributed by atoms with Gasteiger partial charge in [0.15, 0.2) is 11.5 Å². The topological polar surface area (TPSA) is 37.3 Å². The first-order valence-electron chi connectivity index (χ1n) is 10.3. The Balaban J connectivity index is 1.60. The van der Waals surface area contributed by atoms with Crippen molar-refractivity contribution in [2.24, 2.45) is 5.10 Å². The van der Waals surface area contributed by atoms with Crippen LogP contribution in [0, 0.1) is 0 Å². The molecule has 3 aliphatic rings. The van der Waals surface area contributed by atoms with Gasteiger partial charge in [-0.1, -0.05) is 42.5 Å². The molecule has 0 aromatic heterocycles. The summed E-state index contributed by atoms with van der Waals surface area (Å²) in [6.07, 6.45) is 2.77. The van der Waals surface area contributed by atoms with Crippen LogP contribution >= 0.6 is 0 Å². The lowest BCUT2D eigenvalue weighted by Crippen LogP contribution is -2.58. The van der Waals surface area contributed by atoms with Gasteiger partial charge in [0.05, 0.1) is 18.4 Å². The molecule has 5 rings (SSSR count). The molecule has 0 saturated carbocycles. The van der Waals surface area contributed by atoms with Gasteiger partial charge in [0.25, 0.3) is 0 Å². The van der Waals surface area contributed by atoms with Crippen molar-refractivity contribution in [3.05, 3.63) is 59.7 Å². The molecular formula is C23H27N3O2. The van der Waals surface area contributed by atoms with E-state index in [2.05, 4.69) is 59.4 Å². The third kappa shape index (κ3) is 2.76. The van der Waals surface area contributed by atoms with Crippen molar-refractivity contribution < 1.29 is 9.47 Å². The first-order chi connectivity index (χ1) is 13.7. The lowest BCUT2D eigenvalue weighted by Gasteiger charge is -2.51. The second-order valence-corrected chi connectivity index (χ2v) is 7.94. The number of hydrogen-bond donors (Lipinski definition) is 0. The molecule has 5 heteroatoms. The summed E-state index contributed by atoms with van der Waals surface area (Å²) in [5.74, 6) is 1.77. The lowest BCUT2D eigenvalue weighted by atomic mass is 9.90. The highest BCUT2D eigenvalue weighted by Crippen LogP contribution is 2.52. The molecule has 1 saturated heterocycles. The van der Waals surface area contributed by atoms with Crippen LogP contribution < -0.4 is 9.47 Å². The minimum Gasteiger partial charge on any atom is -0.490 e. The normalized spacial score (nSPS) is 23.0. The molecule has 2 aromatic rings. The number of nitrogens with zero attached hydrogens (tertiary/aromatic N) is 3. The number of fused-ring (bicyclic) bond motifs is 4. The molecule has 0 amide bonds. The molecule has 1 fully saturated rings. The summed E-state index contributed by atoms with van der Waals surface area (Å²) in [5.41, 5.74) is 3.13. The lowest BCUT2D eigenvalue weighted by molar-refractivity contribution is -0.148. The van der Waals surface area contributed by atoms with Crippen LogP contribution in [0.25, 0.3) is 0 Å². The van der Waals surface area contributed by atoms with Gasteiger partial charge in [-0.25, -0.2) is 5.01 Å². The Morgan fingerprint density at radius 2 is 1.89 bits per heavy atom. The van der Waals surface area contributed by atoms with E-state index in [1.165, 1.54) is 11.1 Å². The Morgan fingerprint density at radius 1 is 1.11 bits per heavy atom. The van der Waals surface area contributed by atoms with Gasteiger partial charge in [-0.05, 0) is 25.6 Å². The highest BCUT2D eigenvalue weighted by atomic mass is 16.6. The summed E-state index contributed by atoms with van der Waals surface area (Å²) in [4.78, 5) is 2.37. The largest absolute Gasteiger partial charge is 0.490 e. The van der Waals surface area contributed by atoms with Gasteiger partial charge in [0.2, 0.25) is 5.72 Å². The molecule has 0 N–H and O–H groups in total. The van der Waals surface area contributed by atoms with Crippen molar-refractivity contribution in [3.63, 3.8) is 0 Å². The predicted molar refractivity (Wildman–Crippen MR) is 110 cm³/mol. The van der Waals surface area contributed by atoms with Crippen molar-refractivity contribution >= 4 is 5.71 Å². The molecule has 0 radical (unpaired) electrons. The summed E-state index contributed by atoms with van der Waals surface area (Å²) >= 11 is 0. The number of rotatable bonds is 3. The highest BCUT2D eigenvalue weighted by Gasteiger charge is 2.52. The number of piperidine rings is 1. The molecule has 0 bridgehead atoms. The number of para-hydroxylation sites is 1. The minimum absolute atomic E-state index is 0.197. The highest BCUT2D eigenvalue weighted by molar-refractivity contribution is 6.02. The molecule has 1 spiro atoms. The standard InChI is InChI=1S/C23H27N3O2/c1-3-27-21-11-7-10-18-20-16-19(17-8-5-4-6-9-17)24-26(20)23(28-22(18)21)12-14-25(2)15-13-23/h4-11,20H,3,12-16H2,1-2H3. The summed E-state index contributed by atoms with van der Waals surface area (Å²) in [6.45, 7) is 4.67. The van der Waals surface area contributed by atoms with Crippen LogP contribution in [0.1, 0.15) is 43.4 Å². The zero-order chi connectivity index (χ0) is 19.1. The second kappa shape index (κ2) is 6.82. The van der Waals surface area contributed by atoms with Crippen molar-refractivity contribution in [1.82, 2.24) is 9.91 Å².